The monoisotopic (exact) mass is 231 g/mol. The van der Waals surface area contributed by atoms with Crippen LogP contribution in [0.15, 0.2) is 0 Å². The summed E-state index contributed by atoms with van der Waals surface area (Å²) in [7, 11) is 0. The third-order valence-corrected chi connectivity index (χ3v) is 2.95. The number of rotatable bonds is 7. The van der Waals surface area contributed by atoms with Gasteiger partial charge in [-0.2, -0.15) is 0 Å². The highest BCUT2D eigenvalue weighted by Crippen LogP contribution is 2.31. The van der Waals surface area contributed by atoms with Gasteiger partial charge in [-0.15, -0.1) is 0 Å². The molecule has 0 fully saturated rings. The number of carbonyl (C=O) groups is 2. The zero-order chi connectivity index (χ0) is 12.8. The second kappa shape index (κ2) is 6.48. The molecule has 0 saturated heterocycles. The van der Waals surface area contributed by atoms with Gasteiger partial charge in [-0.1, -0.05) is 13.8 Å². The summed E-state index contributed by atoms with van der Waals surface area (Å²) >= 11 is 0. The third-order valence-electron chi connectivity index (χ3n) is 2.95. The first-order valence-electron chi connectivity index (χ1n) is 5.45. The van der Waals surface area contributed by atoms with Crippen molar-refractivity contribution < 1.29 is 19.8 Å². The van der Waals surface area contributed by atoms with Gasteiger partial charge < -0.3 is 15.5 Å². The van der Waals surface area contributed by atoms with Gasteiger partial charge in [0.25, 0.3) is 0 Å². The van der Waals surface area contributed by atoms with Gasteiger partial charge in [0.05, 0.1) is 5.41 Å². The summed E-state index contributed by atoms with van der Waals surface area (Å²) in [4.78, 5) is 22.6. The fourth-order valence-corrected chi connectivity index (χ4v) is 1.23. The summed E-state index contributed by atoms with van der Waals surface area (Å²) in [5.74, 6) is -1.36. The van der Waals surface area contributed by atoms with Crippen LogP contribution >= 0.6 is 0 Å². The van der Waals surface area contributed by atoms with Crippen LogP contribution in [0.25, 0.3) is 0 Å². The molecule has 0 aliphatic carbocycles. The number of aliphatic hydroxyl groups excluding tert-OH is 1. The molecule has 0 aliphatic heterocycles. The molecule has 0 aromatic carbocycles. The lowest BCUT2D eigenvalue weighted by atomic mass is 9.76. The molecule has 0 heterocycles. The Kier molecular flexibility index (Phi) is 6.03. The van der Waals surface area contributed by atoms with Gasteiger partial charge in [0.15, 0.2) is 0 Å². The van der Waals surface area contributed by atoms with E-state index in [2.05, 4.69) is 5.32 Å². The molecule has 0 aliphatic rings. The highest BCUT2D eigenvalue weighted by Gasteiger charge is 2.38. The number of carboxylic acid groups (broad SMARTS) is 1. The van der Waals surface area contributed by atoms with Crippen molar-refractivity contribution in [2.75, 3.05) is 13.2 Å². The molecule has 0 aromatic rings. The number of carboxylic acids is 1. The first kappa shape index (κ1) is 14.9. The highest BCUT2D eigenvalue weighted by atomic mass is 16.4. The zero-order valence-electron chi connectivity index (χ0n) is 10.1. The van der Waals surface area contributed by atoms with E-state index in [4.69, 9.17) is 10.2 Å². The van der Waals surface area contributed by atoms with Crippen molar-refractivity contribution in [3.05, 3.63) is 0 Å². The second-order valence-electron chi connectivity index (χ2n) is 4.48. The Morgan fingerprint density at radius 3 is 2.31 bits per heavy atom. The van der Waals surface area contributed by atoms with Crippen molar-refractivity contribution in [1.29, 1.82) is 0 Å². The largest absolute Gasteiger partial charge is 0.481 e. The minimum absolute atomic E-state index is 0.0145. The molecular formula is C11H21NO4. The maximum absolute atomic E-state index is 11.5. The maximum Gasteiger partial charge on any atom is 0.310 e. The van der Waals surface area contributed by atoms with Crippen LogP contribution in [0, 0.1) is 11.3 Å². The minimum Gasteiger partial charge on any atom is -0.481 e. The molecule has 0 aromatic heterocycles. The number of hydrogen-bond acceptors (Lipinski definition) is 3. The summed E-state index contributed by atoms with van der Waals surface area (Å²) in [6.45, 7) is 5.54. The van der Waals surface area contributed by atoms with Gasteiger partial charge in [0.1, 0.15) is 0 Å². The Morgan fingerprint density at radius 1 is 1.38 bits per heavy atom. The summed E-state index contributed by atoms with van der Waals surface area (Å²) in [5, 5.41) is 20.2. The van der Waals surface area contributed by atoms with Crippen molar-refractivity contribution in [1.82, 2.24) is 5.32 Å². The average Bonchev–Trinajstić information content (AvgIpc) is 2.17. The first-order valence-corrected chi connectivity index (χ1v) is 5.45. The van der Waals surface area contributed by atoms with Crippen molar-refractivity contribution >= 4 is 11.9 Å². The Balaban J connectivity index is 4.31. The van der Waals surface area contributed by atoms with Crippen molar-refractivity contribution in [3.8, 4) is 0 Å². The normalized spacial score (nSPS) is 14.6. The van der Waals surface area contributed by atoms with E-state index in [1.54, 1.807) is 20.8 Å². The average molecular weight is 231 g/mol. The molecule has 1 amide bonds. The summed E-state index contributed by atoms with van der Waals surface area (Å²) in [6, 6.07) is 0. The number of hydrogen-bond donors (Lipinski definition) is 3. The van der Waals surface area contributed by atoms with Crippen LogP contribution in [-0.4, -0.2) is 35.2 Å². The number of aliphatic carboxylic acids is 1. The molecule has 0 rings (SSSR count). The van der Waals surface area contributed by atoms with E-state index < -0.39 is 11.4 Å². The van der Waals surface area contributed by atoms with E-state index in [-0.39, 0.29) is 24.9 Å². The van der Waals surface area contributed by atoms with Crippen LogP contribution < -0.4 is 5.32 Å². The zero-order valence-corrected chi connectivity index (χ0v) is 10.1. The van der Waals surface area contributed by atoms with E-state index in [1.807, 2.05) is 0 Å². The number of nitrogens with one attached hydrogen (secondary N) is 1. The molecule has 0 radical (unpaired) electrons. The van der Waals surface area contributed by atoms with Gasteiger partial charge in [-0.05, 0) is 19.3 Å². The summed E-state index contributed by atoms with van der Waals surface area (Å²) < 4.78 is 0. The topological polar surface area (TPSA) is 86.6 Å². The van der Waals surface area contributed by atoms with Crippen LogP contribution in [-0.2, 0) is 9.59 Å². The molecule has 3 N–H and O–H groups in total. The minimum atomic E-state index is -1.04. The predicted molar refractivity (Wildman–Crippen MR) is 59.9 cm³/mol. The van der Waals surface area contributed by atoms with Crippen LogP contribution in [0.1, 0.15) is 33.6 Å². The van der Waals surface area contributed by atoms with Gasteiger partial charge in [-0.25, -0.2) is 0 Å². The SMILES string of the molecule is CC(C)C(C)(CC(=O)NCCCO)C(=O)O. The lowest BCUT2D eigenvalue weighted by Crippen LogP contribution is -2.39. The predicted octanol–water partition coefficient (Wildman–Crippen LogP) is 0.622. The molecule has 5 nitrogen and oxygen atoms in total. The second-order valence-corrected chi connectivity index (χ2v) is 4.48. The van der Waals surface area contributed by atoms with E-state index in [0.717, 1.165) is 0 Å². The van der Waals surface area contributed by atoms with E-state index in [0.29, 0.717) is 13.0 Å². The smallest absolute Gasteiger partial charge is 0.310 e. The van der Waals surface area contributed by atoms with Crippen LogP contribution in [0.3, 0.4) is 0 Å². The van der Waals surface area contributed by atoms with E-state index in [1.165, 1.54) is 0 Å². The van der Waals surface area contributed by atoms with Crippen LogP contribution in [0.2, 0.25) is 0 Å². The Labute approximate surface area is 95.9 Å². The number of carbonyl (C=O) groups excluding carboxylic acids is 1. The van der Waals surface area contributed by atoms with Gasteiger partial charge in [0.2, 0.25) is 5.91 Å². The van der Waals surface area contributed by atoms with Crippen molar-refractivity contribution in [2.24, 2.45) is 11.3 Å². The molecular weight excluding hydrogens is 210 g/mol. The lowest BCUT2D eigenvalue weighted by Gasteiger charge is -2.28. The van der Waals surface area contributed by atoms with Gasteiger partial charge >= 0.3 is 5.97 Å². The van der Waals surface area contributed by atoms with E-state index >= 15 is 0 Å². The fraction of sp³-hybridized carbons (Fsp3) is 0.818. The van der Waals surface area contributed by atoms with Gasteiger partial charge in [0, 0.05) is 19.6 Å². The highest BCUT2D eigenvalue weighted by molar-refractivity contribution is 5.84. The first-order chi connectivity index (χ1) is 7.34. The van der Waals surface area contributed by atoms with E-state index in [9.17, 15) is 9.59 Å². The van der Waals surface area contributed by atoms with Gasteiger partial charge in [-0.3, -0.25) is 9.59 Å². The molecule has 1 unspecified atom stereocenters. The number of amides is 1. The molecule has 5 heteroatoms. The molecule has 16 heavy (non-hydrogen) atoms. The Bertz CT molecular complexity index is 252. The van der Waals surface area contributed by atoms with Crippen molar-refractivity contribution in [2.45, 2.75) is 33.6 Å². The Morgan fingerprint density at radius 2 is 1.94 bits per heavy atom. The molecule has 94 valence electrons. The standard InChI is InChI=1S/C11H21NO4/c1-8(2)11(3,10(15)16)7-9(14)12-5-4-6-13/h8,13H,4-7H2,1-3H3,(H,12,14)(H,15,16). The Hall–Kier alpha value is -1.10. The fourth-order valence-electron chi connectivity index (χ4n) is 1.23. The number of aliphatic hydroxyl groups is 1. The quantitative estimate of drug-likeness (QED) is 0.561. The molecule has 0 bridgehead atoms. The van der Waals surface area contributed by atoms with Crippen LogP contribution in [0.4, 0.5) is 0 Å². The van der Waals surface area contributed by atoms with Crippen LogP contribution in [0.5, 0.6) is 0 Å². The summed E-state index contributed by atoms with van der Waals surface area (Å²) in [5.41, 5.74) is -1.04. The third kappa shape index (κ3) is 4.18. The maximum atomic E-state index is 11.5. The molecule has 1 atom stereocenters. The molecule has 0 spiro atoms. The molecule has 0 saturated carbocycles. The van der Waals surface area contributed by atoms with Crippen molar-refractivity contribution in [3.63, 3.8) is 0 Å². The lowest BCUT2D eigenvalue weighted by molar-refractivity contribution is -0.153. The summed E-state index contributed by atoms with van der Waals surface area (Å²) in [6.07, 6.45) is 0.447.